The number of halogens is 1. The van der Waals surface area contributed by atoms with Crippen LogP contribution in [0.5, 0.6) is 0 Å². The van der Waals surface area contributed by atoms with Crippen molar-refractivity contribution in [3.05, 3.63) is 28.5 Å². The quantitative estimate of drug-likeness (QED) is 0.829. The molecule has 0 spiro atoms. The molecule has 1 N–H and O–H groups in total. The second kappa shape index (κ2) is 7.26. The summed E-state index contributed by atoms with van der Waals surface area (Å²) in [4.78, 5) is 16.7. The number of carbonyl (C=O) groups is 1. The Bertz CT molecular complexity index is 494. The minimum Gasteiger partial charge on any atom is -0.349 e. The number of nitrogens with one attached hydrogen (secondary N) is 1. The summed E-state index contributed by atoms with van der Waals surface area (Å²) in [7, 11) is 0. The van der Waals surface area contributed by atoms with Crippen molar-refractivity contribution in [2.45, 2.75) is 64.8 Å². The van der Waals surface area contributed by atoms with E-state index in [1.807, 2.05) is 19.9 Å². The molecule has 4 heteroatoms. The molecule has 1 aliphatic rings. The van der Waals surface area contributed by atoms with Gasteiger partial charge in [0.05, 0.1) is 0 Å². The van der Waals surface area contributed by atoms with Gasteiger partial charge in [-0.05, 0) is 49.7 Å². The molecule has 0 atom stereocenters. The van der Waals surface area contributed by atoms with E-state index in [1.165, 1.54) is 19.3 Å². The second-order valence-corrected chi connectivity index (χ2v) is 6.74. The Balaban J connectivity index is 2.00. The predicted octanol–water partition coefficient (Wildman–Crippen LogP) is 4.56. The summed E-state index contributed by atoms with van der Waals surface area (Å²) in [6.07, 6.45) is 5.85. The number of pyridine rings is 1. The average molecular weight is 309 g/mol. The van der Waals surface area contributed by atoms with E-state index in [1.54, 1.807) is 6.07 Å². The minimum atomic E-state index is -0.0267. The zero-order valence-electron chi connectivity index (χ0n) is 13.2. The molecular formula is C17H25ClN2O. The third-order valence-corrected chi connectivity index (χ3v) is 4.62. The molecule has 1 amide bonds. The number of carbonyl (C=O) groups excluding carboxylic acids is 1. The molecule has 0 unspecified atom stereocenters. The van der Waals surface area contributed by atoms with Crippen LogP contribution in [0.15, 0.2) is 12.1 Å². The van der Waals surface area contributed by atoms with E-state index >= 15 is 0 Å². The summed E-state index contributed by atoms with van der Waals surface area (Å²) in [5.41, 5.74) is 1.48. The van der Waals surface area contributed by atoms with Gasteiger partial charge in [0.2, 0.25) is 0 Å². The zero-order valence-corrected chi connectivity index (χ0v) is 13.9. The van der Waals surface area contributed by atoms with Crippen molar-refractivity contribution >= 4 is 17.5 Å². The van der Waals surface area contributed by atoms with Gasteiger partial charge in [0.1, 0.15) is 5.15 Å². The van der Waals surface area contributed by atoms with E-state index in [0.29, 0.717) is 16.8 Å². The Labute approximate surface area is 132 Å². The molecule has 21 heavy (non-hydrogen) atoms. The van der Waals surface area contributed by atoms with E-state index in [0.717, 1.165) is 24.5 Å². The Morgan fingerprint density at radius 2 is 2.00 bits per heavy atom. The SMILES string of the molecule is CCC1CCC(NC(=O)c2cc(Cl)nc(C(C)C)c2)CC1. The minimum absolute atomic E-state index is 0.0267. The molecule has 0 aromatic carbocycles. The molecule has 1 saturated carbocycles. The first-order valence-corrected chi connectivity index (χ1v) is 8.35. The Morgan fingerprint density at radius 3 is 2.57 bits per heavy atom. The number of amides is 1. The van der Waals surface area contributed by atoms with Gasteiger partial charge in [-0.3, -0.25) is 4.79 Å². The van der Waals surface area contributed by atoms with Crippen LogP contribution in [-0.2, 0) is 0 Å². The maximum absolute atomic E-state index is 12.4. The van der Waals surface area contributed by atoms with Crippen LogP contribution in [0.1, 0.15) is 74.8 Å². The number of hydrogen-bond acceptors (Lipinski definition) is 2. The van der Waals surface area contributed by atoms with Gasteiger partial charge in [0.25, 0.3) is 5.91 Å². The zero-order chi connectivity index (χ0) is 15.4. The molecule has 1 heterocycles. The molecule has 116 valence electrons. The molecular weight excluding hydrogens is 284 g/mol. The number of aromatic nitrogens is 1. The molecule has 1 aliphatic carbocycles. The highest BCUT2D eigenvalue weighted by atomic mass is 35.5. The highest BCUT2D eigenvalue weighted by Crippen LogP contribution is 2.27. The standard InChI is InChI=1S/C17H25ClN2O/c1-4-12-5-7-14(8-6-12)19-17(21)13-9-15(11(2)3)20-16(18)10-13/h9-12,14H,4-8H2,1-3H3,(H,19,21). The van der Waals surface area contributed by atoms with Crippen LogP contribution in [0.2, 0.25) is 5.15 Å². The van der Waals surface area contributed by atoms with Gasteiger partial charge < -0.3 is 5.32 Å². The fourth-order valence-electron chi connectivity index (χ4n) is 2.93. The van der Waals surface area contributed by atoms with Crippen molar-refractivity contribution in [2.75, 3.05) is 0 Å². The second-order valence-electron chi connectivity index (χ2n) is 6.36. The summed E-state index contributed by atoms with van der Waals surface area (Å²) >= 11 is 6.03. The van der Waals surface area contributed by atoms with Crippen LogP contribution >= 0.6 is 11.6 Å². The lowest BCUT2D eigenvalue weighted by Gasteiger charge is -2.28. The van der Waals surface area contributed by atoms with Crippen LogP contribution in [0.3, 0.4) is 0 Å². The highest BCUT2D eigenvalue weighted by Gasteiger charge is 2.22. The van der Waals surface area contributed by atoms with Gasteiger partial charge in [-0.15, -0.1) is 0 Å². The molecule has 0 radical (unpaired) electrons. The van der Waals surface area contributed by atoms with Gasteiger partial charge in [0, 0.05) is 17.3 Å². The van der Waals surface area contributed by atoms with Crippen molar-refractivity contribution in [3.8, 4) is 0 Å². The molecule has 0 bridgehead atoms. The first kappa shape index (κ1) is 16.3. The molecule has 3 nitrogen and oxygen atoms in total. The van der Waals surface area contributed by atoms with Gasteiger partial charge in [-0.25, -0.2) is 4.98 Å². The normalized spacial score (nSPS) is 22.3. The van der Waals surface area contributed by atoms with Gasteiger partial charge in [-0.1, -0.05) is 38.8 Å². The van der Waals surface area contributed by atoms with Crippen molar-refractivity contribution < 1.29 is 4.79 Å². The van der Waals surface area contributed by atoms with Crippen LogP contribution in [0, 0.1) is 5.92 Å². The van der Waals surface area contributed by atoms with Gasteiger partial charge in [0.15, 0.2) is 0 Å². The third-order valence-electron chi connectivity index (χ3n) is 4.43. The summed E-state index contributed by atoms with van der Waals surface area (Å²) in [5.74, 6) is 1.07. The highest BCUT2D eigenvalue weighted by molar-refractivity contribution is 6.29. The molecule has 0 aliphatic heterocycles. The number of nitrogens with zero attached hydrogens (tertiary/aromatic N) is 1. The van der Waals surface area contributed by atoms with Crippen LogP contribution in [-0.4, -0.2) is 16.9 Å². The summed E-state index contributed by atoms with van der Waals surface area (Å²) < 4.78 is 0. The Hall–Kier alpha value is -1.09. The monoisotopic (exact) mass is 308 g/mol. The van der Waals surface area contributed by atoms with Crippen molar-refractivity contribution in [3.63, 3.8) is 0 Å². The maximum atomic E-state index is 12.4. The number of hydrogen-bond donors (Lipinski definition) is 1. The van der Waals surface area contributed by atoms with E-state index in [4.69, 9.17) is 11.6 Å². The third kappa shape index (κ3) is 4.44. The molecule has 0 saturated heterocycles. The molecule has 1 aromatic rings. The lowest BCUT2D eigenvalue weighted by atomic mass is 9.84. The van der Waals surface area contributed by atoms with Crippen molar-refractivity contribution in [1.82, 2.24) is 10.3 Å². The maximum Gasteiger partial charge on any atom is 0.251 e. The van der Waals surface area contributed by atoms with Crippen LogP contribution < -0.4 is 5.32 Å². The smallest absolute Gasteiger partial charge is 0.251 e. The van der Waals surface area contributed by atoms with E-state index in [2.05, 4.69) is 17.2 Å². The molecule has 2 rings (SSSR count). The van der Waals surface area contributed by atoms with Gasteiger partial charge >= 0.3 is 0 Å². The van der Waals surface area contributed by atoms with E-state index < -0.39 is 0 Å². The summed E-state index contributed by atoms with van der Waals surface area (Å²) in [5, 5.41) is 3.54. The van der Waals surface area contributed by atoms with E-state index in [-0.39, 0.29) is 11.8 Å². The first-order valence-electron chi connectivity index (χ1n) is 7.98. The van der Waals surface area contributed by atoms with Crippen molar-refractivity contribution in [2.24, 2.45) is 5.92 Å². The lowest BCUT2D eigenvalue weighted by Crippen LogP contribution is -2.37. The number of rotatable bonds is 4. The topological polar surface area (TPSA) is 42.0 Å². The summed E-state index contributed by atoms with van der Waals surface area (Å²) in [6.45, 7) is 6.34. The van der Waals surface area contributed by atoms with Gasteiger partial charge in [-0.2, -0.15) is 0 Å². The fraction of sp³-hybridized carbons (Fsp3) is 0.647. The van der Waals surface area contributed by atoms with Crippen LogP contribution in [0.25, 0.3) is 0 Å². The largest absolute Gasteiger partial charge is 0.349 e. The first-order chi connectivity index (χ1) is 9.99. The Kier molecular flexibility index (Phi) is 5.63. The fourth-order valence-corrected chi connectivity index (χ4v) is 3.14. The average Bonchev–Trinajstić information content (AvgIpc) is 2.47. The van der Waals surface area contributed by atoms with E-state index in [9.17, 15) is 4.79 Å². The van der Waals surface area contributed by atoms with Crippen LogP contribution in [0.4, 0.5) is 0 Å². The molecule has 1 fully saturated rings. The Morgan fingerprint density at radius 1 is 1.33 bits per heavy atom. The molecule has 1 aromatic heterocycles. The summed E-state index contributed by atoms with van der Waals surface area (Å²) in [6, 6.07) is 3.80. The predicted molar refractivity (Wildman–Crippen MR) is 86.8 cm³/mol. The lowest BCUT2D eigenvalue weighted by molar-refractivity contribution is 0.0921. The van der Waals surface area contributed by atoms with Crippen molar-refractivity contribution in [1.29, 1.82) is 0 Å².